The van der Waals surface area contributed by atoms with Gasteiger partial charge in [0.1, 0.15) is 6.61 Å². The molecule has 23 heavy (non-hydrogen) atoms. The highest BCUT2D eigenvalue weighted by atomic mass is 16.7. The molecule has 5 heteroatoms. The molecular weight excluding hydrogens is 294 g/mol. The molecule has 0 aliphatic heterocycles. The van der Waals surface area contributed by atoms with Crippen LogP contribution in [0.15, 0.2) is 59.4 Å². The van der Waals surface area contributed by atoms with E-state index in [9.17, 15) is 4.79 Å². The van der Waals surface area contributed by atoms with E-state index in [4.69, 9.17) is 14.3 Å². The predicted molar refractivity (Wildman–Crippen MR) is 88.0 cm³/mol. The Bertz CT molecular complexity index is 871. The summed E-state index contributed by atoms with van der Waals surface area (Å²) < 4.78 is 11.9. The van der Waals surface area contributed by atoms with Crippen molar-refractivity contribution in [2.45, 2.75) is 6.61 Å². The summed E-state index contributed by atoms with van der Waals surface area (Å²) >= 11 is 0. The van der Waals surface area contributed by atoms with Crippen molar-refractivity contribution in [2.24, 2.45) is 0 Å². The average molecular weight is 311 g/mol. The van der Waals surface area contributed by atoms with Gasteiger partial charge in [-0.2, -0.15) is 0 Å². The van der Waals surface area contributed by atoms with Gasteiger partial charge in [-0.05, 0) is 17.7 Å². The lowest BCUT2D eigenvalue weighted by molar-refractivity contribution is 0.0992. The molecule has 0 spiro atoms. The average Bonchev–Trinajstić information content (AvgIpc) is 2.60. The molecule has 1 heterocycles. The second-order valence-electron chi connectivity index (χ2n) is 4.99. The Kier molecular flexibility index (Phi) is 4.19. The molecule has 0 fully saturated rings. The number of hydrogen-bond donors (Lipinski definition) is 0. The smallest absolute Gasteiger partial charge is 0.283 e. The van der Waals surface area contributed by atoms with Crippen LogP contribution >= 0.6 is 0 Å². The maximum absolute atomic E-state index is 12.2. The molecular formula is C18H17NO4. The highest BCUT2D eigenvalue weighted by Crippen LogP contribution is 2.31. The summed E-state index contributed by atoms with van der Waals surface area (Å²) in [6.07, 6.45) is 0. The first kappa shape index (κ1) is 15.0. The Morgan fingerprint density at radius 2 is 1.61 bits per heavy atom. The standard InChI is InChI=1S/C18H17NO4/c1-21-16-10-14-8-9-18(20)19(15(14)11-17(16)22-2)23-12-13-6-4-3-5-7-13/h3-11H,12H2,1-2H3. The van der Waals surface area contributed by atoms with Crippen molar-refractivity contribution >= 4 is 10.9 Å². The van der Waals surface area contributed by atoms with E-state index in [1.54, 1.807) is 26.4 Å². The Balaban J connectivity index is 2.04. The van der Waals surface area contributed by atoms with Crippen LogP contribution in [0.25, 0.3) is 10.9 Å². The number of ether oxygens (including phenoxy) is 2. The van der Waals surface area contributed by atoms with Crippen LogP contribution in [-0.2, 0) is 6.61 Å². The van der Waals surface area contributed by atoms with Gasteiger partial charge in [-0.15, -0.1) is 4.73 Å². The summed E-state index contributed by atoms with van der Waals surface area (Å²) in [7, 11) is 3.13. The third kappa shape index (κ3) is 2.99. The molecule has 0 bridgehead atoms. The van der Waals surface area contributed by atoms with Crippen molar-refractivity contribution in [1.82, 2.24) is 4.73 Å². The van der Waals surface area contributed by atoms with Crippen molar-refractivity contribution in [3.05, 3.63) is 70.5 Å². The van der Waals surface area contributed by atoms with Crippen LogP contribution < -0.4 is 19.9 Å². The number of pyridine rings is 1. The number of fused-ring (bicyclic) bond motifs is 1. The minimum atomic E-state index is -0.236. The SMILES string of the molecule is COc1cc2ccc(=O)n(OCc3ccccc3)c2cc1OC. The summed E-state index contributed by atoms with van der Waals surface area (Å²) in [5.41, 5.74) is 1.38. The molecule has 0 aliphatic carbocycles. The fraction of sp³-hybridized carbons (Fsp3) is 0.167. The molecule has 0 radical (unpaired) electrons. The lowest BCUT2D eigenvalue weighted by Crippen LogP contribution is -2.26. The summed E-state index contributed by atoms with van der Waals surface area (Å²) in [6.45, 7) is 0.300. The van der Waals surface area contributed by atoms with Crippen LogP contribution in [0.4, 0.5) is 0 Å². The van der Waals surface area contributed by atoms with Gasteiger partial charge in [0.2, 0.25) is 0 Å². The van der Waals surface area contributed by atoms with Crippen molar-refractivity contribution < 1.29 is 14.3 Å². The molecule has 1 aromatic heterocycles. The lowest BCUT2D eigenvalue weighted by atomic mass is 10.2. The Labute approximate surface area is 133 Å². The first-order chi connectivity index (χ1) is 11.2. The molecule has 0 saturated heterocycles. The molecule has 0 atom stereocenters. The van der Waals surface area contributed by atoms with E-state index in [-0.39, 0.29) is 5.56 Å². The maximum atomic E-state index is 12.2. The van der Waals surface area contributed by atoms with Crippen LogP contribution in [0, 0.1) is 0 Å². The molecule has 0 aliphatic rings. The van der Waals surface area contributed by atoms with E-state index in [0.29, 0.717) is 23.6 Å². The third-order valence-corrected chi connectivity index (χ3v) is 3.56. The highest BCUT2D eigenvalue weighted by molar-refractivity contribution is 5.82. The number of aromatic nitrogens is 1. The van der Waals surface area contributed by atoms with Gasteiger partial charge >= 0.3 is 0 Å². The minimum Gasteiger partial charge on any atom is -0.493 e. The second-order valence-corrected chi connectivity index (χ2v) is 4.99. The fourth-order valence-corrected chi connectivity index (χ4v) is 2.39. The van der Waals surface area contributed by atoms with Gasteiger partial charge < -0.3 is 14.3 Å². The Morgan fingerprint density at radius 3 is 2.30 bits per heavy atom. The summed E-state index contributed by atoms with van der Waals surface area (Å²) in [5, 5.41) is 0.829. The Hall–Kier alpha value is -2.95. The zero-order chi connectivity index (χ0) is 16.2. The molecule has 5 nitrogen and oxygen atoms in total. The molecule has 0 saturated carbocycles. The monoisotopic (exact) mass is 311 g/mol. The molecule has 2 aromatic carbocycles. The van der Waals surface area contributed by atoms with Gasteiger partial charge in [-0.25, -0.2) is 0 Å². The van der Waals surface area contributed by atoms with Crippen molar-refractivity contribution in [3.63, 3.8) is 0 Å². The zero-order valence-electron chi connectivity index (χ0n) is 13.0. The van der Waals surface area contributed by atoms with Crippen LogP contribution in [0.3, 0.4) is 0 Å². The zero-order valence-corrected chi connectivity index (χ0v) is 13.0. The molecule has 0 N–H and O–H groups in total. The first-order valence-electron chi connectivity index (χ1n) is 7.18. The number of hydrogen-bond acceptors (Lipinski definition) is 4. The lowest BCUT2D eigenvalue weighted by Gasteiger charge is -2.14. The normalized spacial score (nSPS) is 10.5. The van der Waals surface area contributed by atoms with Crippen molar-refractivity contribution in [2.75, 3.05) is 14.2 Å². The van der Waals surface area contributed by atoms with Crippen molar-refractivity contribution in [3.8, 4) is 11.5 Å². The summed E-state index contributed by atoms with van der Waals surface area (Å²) in [5.74, 6) is 1.15. The van der Waals surface area contributed by atoms with Crippen LogP contribution in [-0.4, -0.2) is 19.0 Å². The van der Waals surface area contributed by atoms with Gasteiger partial charge in [-0.1, -0.05) is 30.3 Å². The topological polar surface area (TPSA) is 49.7 Å². The van der Waals surface area contributed by atoms with E-state index in [0.717, 1.165) is 10.9 Å². The van der Waals surface area contributed by atoms with Gasteiger partial charge in [0, 0.05) is 17.5 Å². The molecule has 3 rings (SSSR count). The van der Waals surface area contributed by atoms with Gasteiger partial charge in [0.25, 0.3) is 5.56 Å². The third-order valence-electron chi connectivity index (χ3n) is 3.56. The van der Waals surface area contributed by atoms with Crippen LogP contribution in [0.2, 0.25) is 0 Å². The number of methoxy groups -OCH3 is 2. The molecule has 0 unspecified atom stereocenters. The van der Waals surface area contributed by atoms with Crippen molar-refractivity contribution in [1.29, 1.82) is 0 Å². The predicted octanol–water partition coefficient (Wildman–Crippen LogP) is 2.65. The van der Waals surface area contributed by atoms with E-state index in [1.165, 1.54) is 10.8 Å². The minimum absolute atomic E-state index is 0.236. The maximum Gasteiger partial charge on any atom is 0.283 e. The quantitative estimate of drug-likeness (QED) is 0.727. The molecule has 3 aromatic rings. The van der Waals surface area contributed by atoms with Crippen LogP contribution in [0.5, 0.6) is 11.5 Å². The summed E-state index contributed by atoms with van der Waals surface area (Å²) in [6, 6.07) is 16.4. The van der Waals surface area contributed by atoms with E-state index in [1.807, 2.05) is 36.4 Å². The van der Waals surface area contributed by atoms with Gasteiger partial charge in [0.15, 0.2) is 11.5 Å². The van der Waals surface area contributed by atoms with Gasteiger partial charge in [-0.3, -0.25) is 4.79 Å². The summed E-state index contributed by atoms with van der Waals surface area (Å²) in [4.78, 5) is 17.9. The fourth-order valence-electron chi connectivity index (χ4n) is 2.39. The highest BCUT2D eigenvalue weighted by Gasteiger charge is 2.11. The molecule has 118 valence electrons. The largest absolute Gasteiger partial charge is 0.493 e. The van der Waals surface area contributed by atoms with E-state index < -0.39 is 0 Å². The van der Waals surface area contributed by atoms with E-state index >= 15 is 0 Å². The molecule has 0 amide bonds. The Morgan fingerprint density at radius 1 is 0.913 bits per heavy atom. The number of benzene rings is 2. The first-order valence-corrected chi connectivity index (χ1v) is 7.18. The second kappa shape index (κ2) is 6.44. The van der Waals surface area contributed by atoms with Crippen LogP contribution in [0.1, 0.15) is 5.56 Å². The van der Waals surface area contributed by atoms with Gasteiger partial charge in [0.05, 0.1) is 19.7 Å². The van der Waals surface area contributed by atoms with E-state index in [2.05, 4.69) is 0 Å². The number of nitrogens with zero attached hydrogens (tertiary/aromatic N) is 1. The number of rotatable bonds is 5.